The van der Waals surface area contributed by atoms with Crippen LogP contribution >= 0.6 is 24.8 Å². The number of hydrogen-bond donors (Lipinski definition) is 2. The Kier molecular flexibility index (Phi) is 8.28. The third kappa shape index (κ3) is 5.13. The first-order valence-electron chi connectivity index (χ1n) is 9.03. The number of rotatable bonds is 4. The predicted octanol–water partition coefficient (Wildman–Crippen LogP) is 3.26. The maximum atomic E-state index is 13.7. The van der Waals surface area contributed by atoms with Crippen molar-refractivity contribution in [3.8, 4) is 5.69 Å². The van der Waals surface area contributed by atoms with Crippen molar-refractivity contribution < 1.29 is 13.6 Å². The number of nitrogens with one attached hydrogen (secondary N) is 2. The van der Waals surface area contributed by atoms with Crippen LogP contribution in [0.5, 0.6) is 0 Å². The lowest BCUT2D eigenvalue weighted by molar-refractivity contribution is 0.0924. The number of hydrogen-bond acceptors (Lipinski definition) is 4. The maximum Gasteiger partial charge on any atom is 0.251 e. The smallest absolute Gasteiger partial charge is 0.251 e. The number of piperidine rings is 1. The van der Waals surface area contributed by atoms with Crippen molar-refractivity contribution in [3.63, 3.8) is 0 Å². The first-order valence-corrected chi connectivity index (χ1v) is 9.03. The third-order valence-electron chi connectivity index (χ3n) is 4.96. The molecule has 1 aromatic heterocycles. The molecule has 1 saturated heterocycles. The monoisotopic (exact) mass is 455 g/mol. The van der Waals surface area contributed by atoms with Gasteiger partial charge in [-0.3, -0.25) is 4.79 Å². The van der Waals surface area contributed by atoms with Crippen LogP contribution in [0.4, 0.5) is 8.78 Å². The van der Waals surface area contributed by atoms with E-state index in [1.54, 1.807) is 35.3 Å². The molecule has 0 aliphatic carbocycles. The van der Waals surface area contributed by atoms with Crippen LogP contribution in [0.25, 0.3) is 5.69 Å². The van der Waals surface area contributed by atoms with E-state index in [2.05, 4.69) is 20.7 Å². The average molecular weight is 456 g/mol. The number of carbonyl (C=O) groups excluding carboxylic acids is 1. The van der Waals surface area contributed by atoms with Gasteiger partial charge in [0.2, 0.25) is 0 Å². The molecule has 1 fully saturated rings. The fraction of sp³-hybridized carbons (Fsp3) is 0.250. The maximum absolute atomic E-state index is 13.7. The highest BCUT2D eigenvalue weighted by molar-refractivity contribution is 5.95. The lowest BCUT2D eigenvalue weighted by Gasteiger charge is -2.33. The van der Waals surface area contributed by atoms with Crippen molar-refractivity contribution in [1.82, 2.24) is 25.4 Å². The summed E-state index contributed by atoms with van der Waals surface area (Å²) in [6.07, 6.45) is 3.70. The van der Waals surface area contributed by atoms with E-state index < -0.39 is 11.6 Å². The Morgan fingerprint density at radius 1 is 1.13 bits per heavy atom. The molecule has 2 N–H and O–H groups in total. The lowest BCUT2D eigenvalue weighted by Crippen LogP contribution is -2.50. The summed E-state index contributed by atoms with van der Waals surface area (Å²) in [4.78, 5) is 16.7. The highest BCUT2D eigenvalue weighted by Gasteiger charge is 2.28. The van der Waals surface area contributed by atoms with Crippen LogP contribution in [0.1, 0.15) is 28.3 Å². The van der Waals surface area contributed by atoms with Gasteiger partial charge in [0.1, 0.15) is 12.7 Å². The van der Waals surface area contributed by atoms with Crippen molar-refractivity contribution in [1.29, 1.82) is 0 Å². The van der Waals surface area contributed by atoms with Crippen LogP contribution in [0.3, 0.4) is 0 Å². The summed E-state index contributed by atoms with van der Waals surface area (Å²) in [6, 6.07) is 10.8. The summed E-state index contributed by atoms with van der Waals surface area (Å²) in [6.45, 7) is 1.30. The Morgan fingerprint density at radius 3 is 2.70 bits per heavy atom. The normalized spacial score (nSPS) is 18.1. The van der Waals surface area contributed by atoms with Gasteiger partial charge in [0.25, 0.3) is 5.91 Å². The summed E-state index contributed by atoms with van der Waals surface area (Å²) >= 11 is 0. The van der Waals surface area contributed by atoms with Crippen molar-refractivity contribution in [2.24, 2.45) is 0 Å². The molecule has 30 heavy (non-hydrogen) atoms. The van der Waals surface area contributed by atoms with Crippen LogP contribution in [0, 0.1) is 11.6 Å². The molecule has 6 nitrogen and oxygen atoms in total. The van der Waals surface area contributed by atoms with Crippen LogP contribution < -0.4 is 10.6 Å². The number of aromatic nitrogens is 3. The van der Waals surface area contributed by atoms with Gasteiger partial charge in [0.05, 0.1) is 5.69 Å². The fourth-order valence-corrected chi connectivity index (χ4v) is 3.54. The molecule has 0 saturated carbocycles. The molecule has 2 aromatic carbocycles. The molecule has 1 aliphatic rings. The van der Waals surface area contributed by atoms with Crippen LogP contribution in [-0.4, -0.2) is 39.8 Å². The molecule has 160 valence electrons. The minimum atomic E-state index is -0.873. The molecule has 2 atom stereocenters. The second kappa shape index (κ2) is 10.5. The quantitative estimate of drug-likeness (QED) is 0.633. The van der Waals surface area contributed by atoms with E-state index in [9.17, 15) is 13.6 Å². The number of amides is 1. The lowest BCUT2D eigenvalue weighted by atomic mass is 9.85. The van der Waals surface area contributed by atoms with E-state index in [1.807, 2.05) is 6.07 Å². The van der Waals surface area contributed by atoms with Crippen molar-refractivity contribution >= 4 is 30.7 Å². The number of carbonyl (C=O) groups is 1. The summed E-state index contributed by atoms with van der Waals surface area (Å²) in [5.41, 5.74) is 1.90. The predicted molar refractivity (Wildman–Crippen MR) is 114 cm³/mol. The van der Waals surface area contributed by atoms with Gasteiger partial charge >= 0.3 is 0 Å². The molecule has 0 spiro atoms. The average Bonchev–Trinajstić information content (AvgIpc) is 3.26. The minimum Gasteiger partial charge on any atom is -0.347 e. The van der Waals surface area contributed by atoms with Crippen molar-refractivity contribution in [3.05, 3.63) is 77.9 Å². The van der Waals surface area contributed by atoms with Gasteiger partial charge < -0.3 is 10.6 Å². The molecule has 3 aromatic rings. The third-order valence-corrected chi connectivity index (χ3v) is 4.96. The van der Waals surface area contributed by atoms with Crippen molar-refractivity contribution in [2.75, 3.05) is 13.1 Å². The zero-order chi connectivity index (χ0) is 19.5. The SMILES string of the molecule is Cl.Cl.O=C(NC1CNCCC1c1ccc(F)c(F)c1)c1cccc(-n2cncn2)c1. The second-order valence-electron chi connectivity index (χ2n) is 6.74. The van der Waals surface area contributed by atoms with Gasteiger partial charge in [-0.25, -0.2) is 18.4 Å². The molecule has 4 rings (SSSR count). The van der Waals surface area contributed by atoms with Crippen LogP contribution in [0.2, 0.25) is 0 Å². The van der Waals surface area contributed by atoms with Gasteiger partial charge in [0.15, 0.2) is 11.6 Å². The summed E-state index contributed by atoms with van der Waals surface area (Å²) < 4.78 is 28.5. The fourth-order valence-electron chi connectivity index (χ4n) is 3.54. The van der Waals surface area contributed by atoms with E-state index in [0.29, 0.717) is 17.7 Å². The van der Waals surface area contributed by atoms with Gasteiger partial charge in [-0.15, -0.1) is 24.8 Å². The highest BCUT2D eigenvalue weighted by atomic mass is 35.5. The van der Waals surface area contributed by atoms with Gasteiger partial charge in [0, 0.05) is 24.1 Å². The first-order chi connectivity index (χ1) is 13.6. The Labute approximate surface area is 184 Å². The highest BCUT2D eigenvalue weighted by Crippen LogP contribution is 2.27. The Balaban J connectivity index is 0.00000160. The molecule has 1 amide bonds. The van der Waals surface area contributed by atoms with E-state index in [4.69, 9.17) is 0 Å². The number of nitrogens with zero attached hydrogens (tertiary/aromatic N) is 3. The zero-order valence-corrected chi connectivity index (χ0v) is 17.4. The molecular weight excluding hydrogens is 435 g/mol. The Bertz CT molecular complexity index is 987. The largest absolute Gasteiger partial charge is 0.347 e. The standard InChI is InChI=1S/C20H19F2N5O.2ClH/c21-17-5-4-13(9-18(17)22)16-6-7-23-10-19(16)26-20(28)14-2-1-3-15(8-14)27-12-24-11-25-27;;/h1-5,8-9,11-12,16,19,23H,6-7,10H2,(H,26,28);2*1H. The second-order valence-corrected chi connectivity index (χ2v) is 6.74. The van der Waals surface area contributed by atoms with E-state index >= 15 is 0 Å². The molecule has 2 unspecified atom stereocenters. The van der Waals surface area contributed by atoms with E-state index in [0.717, 1.165) is 24.7 Å². The van der Waals surface area contributed by atoms with E-state index in [1.165, 1.54) is 12.4 Å². The summed E-state index contributed by atoms with van der Waals surface area (Å²) in [7, 11) is 0. The van der Waals surface area contributed by atoms with Crippen LogP contribution in [-0.2, 0) is 0 Å². The number of benzene rings is 2. The Hall–Kier alpha value is -2.55. The summed E-state index contributed by atoms with van der Waals surface area (Å²) in [5, 5.41) is 10.3. The van der Waals surface area contributed by atoms with E-state index in [-0.39, 0.29) is 42.7 Å². The molecule has 10 heteroatoms. The van der Waals surface area contributed by atoms with Crippen molar-refractivity contribution in [2.45, 2.75) is 18.4 Å². The molecule has 1 aliphatic heterocycles. The van der Waals surface area contributed by atoms with Gasteiger partial charge in [-0.1, -0.05) is 12.1 Å². The molecule has 2 heterocycles. The summed E-state index contributed by atoms with van der Waals surface area (Å²) in [5.74, 6) is -2.08. The first kappa shape index (κ1) is 23.7. The topological polar surface area (TPSA) is 71.8 Å². The molecule has 0 radical (unpaired) electrons. The zero-order valence-electron chi connectivity index (χ0n) is 15.8. The van der Waals surface area contributed by atoms with Crippen LogP contribution in [0.15, 0.2) is 55.1 Å². The minimum absolute atomic E-state index is 0. The Morgan fingerprint density at radius 2 is 1.97 bits per heavy atom. The molecular formula is C20H21Cl2F2N5O. The molecule has 0 bridgehead atoms. The van der Waals surface area contributed by atoms with Gasteiger partial charge in [-0.2, -0.15) is 5.10 Å². The number of halogens is 4. The van der Waals surface area contributed by atoms with Gasteiger partial charge in [-0.05, 0) is 48.9 Å².